The zero-order valence-electron chi connectivity index (χ0n) is 9.43. The van der Waals surface area contributed by atoms with Crippen LogP contribution in [0.4, 0.5) is 0 Å². The van der Waals surface area contributed by atoms with Crippen LogP contribution in [0.5, 0.6) is 11.5 Å². The molecule has 4 nitrogen and oxygen atoms in total. The average Bonchev–Trinajstić information content (AvgIpc) is 2.28. The summed E-state index contributed by atoms with van der Waals surface area (Å²) in [5.41, 5.74) is 0.492. The molecule has 0 spiro atoms. The van der Waals surface area contributed by atoms with Gasteiger partial charge in [-0.1, -0.05) is 0 Å². The van der Waals surface area contributed by atoms with Gasteiger partial charge in [-0.3, -0.25) is 0 Å². The van der Waals surface area contributed by atoms with Crippen molar-refractivity contribution in [1.82, 2.24) is 0 Å². The summed E-state index contributed by atoms with van der Waals surface area (Å²) in [7, 11) is 1.54. The molecule has 0 aliphatic carbocycles. The highest BCUT2D eigenvalue weighted by Crippen LogP contribution is 2.22. The largest absolute Gasteiger partial charge is 0.497 e. The van der Waals surface area contributed by atoms with Crippen molar-refractivity contribution in [2.75, 3.05) is 13.7 Å². The van der Waals surface area contributed by atoms with E-state index in [0.29, 0.717) is 30.1 Å². The van der Waals surface area contributed by atoms with E-state index in [9.17, 15) is 0 Å². The molecule has 1 N–H and O–H groups in total. The maximum atomic E-state index is 9.07. The number of ether oxygens (including phenoxy) is 2. The van der Waals surface area contributed by atoms with Crippen molar-refractivity contribution in [2.45, 2.75) is 19.4 Å². The van der Waals surface area contributed by atoms with Crippen molar-refractivity contribution in [1.29, 1.82) is 5.26 Å². The highest BCUT2D eigenvalue weighted by molar-refractivity contribution is 5.43. The summed E-state index contributed by atoms with van der Waals surface area (Å²) < 4.78 is 10.5. The van der Waals surface area contributed by atoms with Crippen molar-refractivity contribution >= 4 is 0 Å². The van der Waals surface area contributed by atoms with Gasteiger partial charge in [0.15, 0.2) is 0 Å². The van der Waals surface area contributed by atoms with E-state index in [1.807, 2.05) is 6.07 Å². The van der Waals surface area contributed by atoms with Gasteiger partial charge >= 0.3 is 0 Å². The molecule has 0 aliphatic heterocycles. The predicted octanol–water partition coefficient (Wildman–Crippen LogP) is 1.72. The molecule has 16 heavy (non-hydrogen) atoms. The smallest absolute Gasteiger partial charge is 0.124 e. The number of hydrogen-bond acceptors (Lipinski definition) is 4. The lowest BCUT2D eigenvalue weighted by molar-refractivity contribution is 0.155. The van der Waals surface area contributed by atoms with Crippen LogP contribution in [0.15, 0.2) is 18.2 Å². The minimum absolute atomic E-state index is 0.388. The molecule has 1 rings (SSSR count). The Bertz CT molecular complexity index is 382. The van der Waals surface area contributed by atoms with Crippen LogP contribution in [0.3, 0.4) is 0 Å². The van der Waals surface area contributed by atoms with Gasteiger partial charge in [0.2, 0.25) is 0 Å². The highest BCUT2D eigenvalue weighted by atomic mass is 16.5. The minimum atomic E-state index is -0.388. The summed E-state index contributed by atoms with van der Waals surface area (Å²) in [5.74, 6) is 1.17. The predicted molar refractivity (Wildman–Crippen MR) is 59.5 cm³/mol. The molecule has 0 saturated heterocycles. The Morgan fingerprint density at radius 2 is 2.06 bits per heavy atom. The third kappa shape index (κ3) is 3.79. The van der Waals surface area contributed by atoms with Crippen molar-refractivity contribution in [3.8, 4) is 17.6 Å². The first kappa shape index (κ1) is 12.3. The SMILES string of the molecule is COc1cc(C#N)cc(OCCC(C)O)c1. The number of nitriles is 1. The normalized spacial score (nSPS) is 11.6. The van der Waals surface area contributed by atoms with Crippen LogP contribution in [0.25, 0.3) is 0 Å². The monoisotopic (exact) mass is 221 g/mol. The molecule has 4 heteroatoms. The second-order valence-corrected chi connectivity index (χ2v) is 3.50. The van der Waals surface area contributed by atoms with Crippen molar-refractivity contribution in [3.05, 3.63) is 23.8 Å². The van der Waals surface area contributed by atoms with E-state index in [-0.39, 0.29) is 6.10 Å². The summed E-state index contributed by atoms with van der Waals surface area (Å²) in [5, 5.41) is 17.9. The van der Waals surface area contributed by atoms with Crippen LogP contribution in [0, 0.1) is 11.3 Å². The maximum absolute atomic E-state index is 9.07. The van der Waals surface area contributed by atoms with Gasteiger partial charge < -0.3 is 14.6 Å². The van der Waals surface area contributed by atoms with Gasteiger partial charge in [0, 0.05) is 12.5 Å². The molecule has 1 aromatic carbocycles. The molecular formula is C12H15NO3. The van der Waals surface area contributed by atoms with Crippen molar-refractivity contribution < 1.29 is 14.6 Å². The van der Waals surface area contributed by atoms with Gasteiger partial charge in [-0.2, -0.15) is 5.26 Å². The van der Waals surface area contributed by atoms with Gasteiger partial charge in [0.05, 0.1) is 31.5 Å². The van der Waals surface area contributed by atoms with Crippen LogP contribution in [0.2, 0.25) is 0 Å². The molecule has 0 amide bonds. The Labute approximate surface area is 95.0 Å². The molecule has 1 unspecified atom stereocenters. The van der Waals surface area contributed by atoms with E-state index in [1.165, 1.54) is 7.11 Å². The topological polar surface area (TPSA) is 62.5 Å². The van der Waals surface area contributed by atoms with E-state index < -0.39 is 0 Å². The van der Waals surface area contributed by atoms with Crippen molar-refractivity contribution in [2.24, 2.45) is 0 Å². The second-order valence-electron chi connectivity index (χ2n) is 3.50. The standard InChI is InChI=1S/C12H15NO3/c1-9(14)3-4-16-12-6-10(8-13)5-11(7-12)15-2/h5-7,9,14H,3-4H2,1-2H3. The average molecular weight is 221 g/mol. The molecule has 1 aromatic rings. The molecule has 1 atom stereocenters. The third-order valence-corrected chi connectivity index (χ3v) is 2.05. The van der Waals surface area contributed by atoms with E-state index >= 15 is 0 Å². The maximum Gasteiger partial charge on any atom is 0.124 e. The fraction of sp³-hybridized carbons (Fsp3) is 0.417. The molecular weight excluding hydrogens is 206 g/mol. The van der Waals surface area contributed by atoms with E-state index in [0.717, 1.165) is 0 Å². The highest BCUT2D eigenvalue weighted by Gasteiger charge is 2.03. The Kier molecular flexibility index (Phi) is 4.62. The number of aliphatic hydroxyl groups is 1. The summed E-state index contributed by atoms with van der Waals surface area (Å²) in [6.07, 6.45) is 0.167. The van der Waals surface area contributed by atoms with E-state index in [2.05, 4.69) is 0 Å². The molecule has 86 valence electrons. The first-order valence-corrected chi connectivity index (χ1v) is 5.05. The Hall–Kier alpha value is -1.73. The third-order valence-electron chi connectivity index (χ3n) is 2.05. The zero-order chi connectivity index (χ0) is 12.0. The summed E-state index contributed by atoms with van der Waals surface area (Å²) >= 11 is 0. The molecule has 0 aliphatic rings. The van der Waals surface area contributed by atoms with Gasteiger partial charge in [-0.15, -0.1) is 0 Å². The van der Waals surface area contributed by atoms with Gasteiger partial charge in [-0.25, -0.2) is 0 Å². The van der Waals surface area contributed by atoms with Crippen LogP contribution >= 0.6 is 0 Å². The fourth-order valence-corrected chi connectivity index (χ4v) is 1.18. The quantitative estimate of drug-likeness (QED) is 0.822. The van der Waals surface area contributed by atoms with Crippen LogP contribution < -0.4 is 9.47 Å². The van der Waals surface area contributed by atoms with Crippen LogP contribution in [-0.2, 0) is 0 Å². The van der Waals surface area contributed by atoms with E-state index in [4.69, 9.17) is 19.8 Å². The first-order valence-electron chi connectivity index (χ1n) is 5.05. The summed E-state index contributed by atoms with van der Waals surface area (Å²) in [6, 6.07) is 7.03. The lowest BCUT2D eigenvalue weighted by Gasteiger charge is -2.09. The van der Waals surface area contributed by atoms with E-state index in [1.54, 1.807) is 25.1 Å². The number of aliphatic hydroxyl groups excluding tert-OH is 1. The number of hydrogen-bond donors (Lipinski definition) is 1. The molecule has 0 saturated carbocycles. The number of nitrogens with zero attached hydrogens (tertiary/aromatic N) is 1. The van der Waals surface area contributed by atoms with Crippen LogP contribution in [0.1, 0.15) is 18.9 Å². The molecule has 0 aromatic heterocycles. The second kappa shape index (κ2) is 5.99. The lowest BCUT2D eigenvalue weighted by Crippen LogP contribution is -2.07. The number of methoxy groups -OCH3 is 1. The molecule has 0 fully saturated rings. The van der Waals surface area contributed by atoms with Gasteiger partial charge in [-0.05, 0) is 19.1 Å². The molecule has 0 bridgehead atoms. The summed E-state index contributed by atoms with van der Waals surface area (Å²) in [6.45, 7) is 2.12. The Balaban J connectivity index is 2.68. The van der Waals surface area contributed by atoms with Crippen LogP contribution in [-0.4, -0.2) is 24.9 Å². The molecule has 0 heterocycles. The minimum Gasteiger partial charge on any atom is -0.497 e. The fourth-order valence-electron chi connectivity index (χ4n) is 1.18. The number of rotatable bonds is 5. The summed E-state index contributed by atoms with van der Waals surface area (Å²) in [4.78, 5) is 0. The number of benzene rings is 1. The first-order chi connectivity index (χ1) is 7.65. The lowest BCUT2D eigenvalue weighted by atomic mass is 10.2. The zero-order valence-corrected chi connectivity index (χ0v) is 9.43. The van der Waals surface area contributed by atoms with Crippen molar-refractivity contribution in [3.63, 3.8) is 0 Å². The Morgan fingerprint density at radius 3 is 2.62 bits per heavy atom. The van der Waals surface area contributed by atoms with Gasteiger partial charge in [0.25, 0.3) is 0 Å². The van der Waals surface area contributed by atoms with Gasteiger partial charge in [0.1, 0.15) is 11.5 Å². The molecule has 0 radical (unpaired) electrons. The Morgan fingerprint density at radius 1 is 1.38 bits per heavy atom.